The zero-order valence-electron chi connectivity index (χ0n) is 5.51. The fourth-order valence-electron chi connectivity index (χ4n) is 0.593. The van der Waals surface area contributed by atoms with E-state index in [0.29, 0.717) is 4.47 Å². The third kappa shape index (κ3) is 1.94. The summed E-state index contributed by atoms with van der Waals surface area (Å²) in [6.45, 7) is 0. The van der Waals surface area contributed by atoms with Crippen molar-refractivity contribution >= 4 is 54.9 Å². The fraction of sp³-hybridized carbons (Fsp3) is 0. The molecule has 1 rings (SSSR count). The zero-order valence-corrected chi connectivity index (χ0v) is 9.49. The molecule has 1 N–H and O–H groups in total. The van der Waals surface area contributed by atoms with E-state index in [2.05, 4.69) is 31.9 Å². The molecule has 1 aromatic rings. The van der Waals surface area contributed by atoms with Gasteiger partial charge in [-0.15, -0.1) is 11.3 Å². The number of hydrogen-bond donors (Lipinski definition) is 1. The Morgan fingerprint density at radius 3 is 2.33 bits per heavy atom. The number of halogens is 2. The molecule has 0 fully saturated rings. The molecule has 0 aliphatic rings. The van der Waals surface area contributed by atoms with Crippen LogP contribution >= 0.6 is 43.2 Å². The largest absolute Gasteiger partial charge is 0.475 e. The first kappa shape index (κ1) is 9.88. The lowest BCUT2D eigenvalue weighted by molar-refractivity contribution is -0.131. The summed E-state index contributed by atoms with van der Waals surface area (Å²) in [6, 6.07) is 1.64. The van der Waals surface area contributed by atoms with E-state index in [1.165, 1.54) is 0 Å². The van der Waals surface area contributed by atoms with Crippen LogP contribution in [0.3, 0.4) is 0 Å². The van der Waals surface area contributed by atoms with Crippen LogP contribution < -0.4 is 0 Å². The molecule has 0 saturated carbocycles. The van der Waals surface area contributed by atoms with Crippen molar-refractivity contribution in [3.63, 3.8) is 0 Å². The number of carbonyl (C=O) groups excluding carboxylic acids is 1. The Labute approximate surface area is 88.7 Å². The molecule has 0 saturated heterocycles. The second kappa shape index (κ2) is 3.68. The van der Waals surface area contributed by atoms with E-state index in [1.54, 1.807) is 6.07 Å². The van der Waals surface area contributed by atoms with Gasteiger partial charge in [0.2, 0.25) is 0 Å². The number of thiophene rings is 1. The van der Waals surface area contributed by atoms with Crippen LogP contribution in [-0.2, 0) is 4.79 Å². The van der Waals surface area contributed by atoms with Crippen LogP contribution in [0.1, 0.15) is 9.67 Å². The number of ketones is 1. The van der Waals surface area contributed by atoms with Gasteiger partial charge in [0, 0.05) is 4.47 Å². The van der Waals surface area contributed by atoms with Gasteiger partial charge >= 0.3 is 5.97 Å². The molecule has 12 heavy (non-hydrogen) atoms. The Kier molecular flexibility index (Phi) is 3.03. The Morgan fingerprint density at radius 1 is 1.42 bits per heavy atom. The summed E-state index contributed by atoms with van der Waals surface area (Å²) in [4.78, 5) is 21.4. The molecule has 0 spiro atoms. The number of aliphatic carboxylic acids is 1. The van der Waals surface area contributed by atoms with Crippen molar-refractivity contribution in [1.82, 2.24) is 0 Å². The Balaban J connectivity index is 3.11. The molecule has 1 heterocycles. The highest BCUT2D eigenvalue weighted by Gasteiger charge is 2.20. The molecular formula is C6H2Br2O3S. The summed E-state index contributed by atoms with van der Waals surface area (Å²) in [6.07, 6.45) is 0. The monoisotopic (exact) mass is 312 g/mol. The molecule has 6 heteroatoms. The van der Waals surface area contributed by atoms with Crippen molar-refractivity contribution in [3.8, 4) is 0 Å². The van der Waals surface area contributed by atoms with Crippen LogP contribution in [0.25, 0.3) is 0 Å². The first-order chi connectivity index (χ1) is 5.52. The van der Waals surface area contributed by atoms with Gasteiger partial charge in [0.1, 0.15) is 0 Å². The predicted octanol–water partition coefficient (Wildman–Crippen LogP) is 2.54. The molecule has 0 amide bonds. The van der Waals surface area contributed by atoms with Crippen LogP contribution in [0.15, 0.2) is 14.3 Å². The highest BCUT2D eigenvalue weighted by Crippen LogP contribution is 2.31. The summed E-state index contributed by atoms with van der Waals surface area (Å²) in [5, 5.41) is 8.39. The first-order valence-electron chi connectivity index (χ1n) is 2.75. The van der Waals surface area contributed by atoms with Gasteiger partial charge in [0.15, 0.2) is 0 Å². The fourth-order valence-corrected chi connectivity index (χ4v) is 3.13. The Bertz CT molecular complexity index is 345. The van der Waals surface area contributed by atoms with Crippen molar-refractivity contribution in [2.75, 3.05) is 0 Å². The number of hydrogen-bond acceptors (Lipinski definition) is 3. The van der Waals surface area contributed by atoms with Crippen LogP contribution in [0.4, 0.5) is 0 Å². The van der Waals surface area contributed by atoms with Crippen molar-refractivity contribution in [2.45, 2.75) is 0 Å². The molecule has 0 radical (unpaired) electrons. The van der Waals surface area contributed by atoms with Crippen molar-refractivity contribution in [3.05, 3.63) is 19.2 Å². The molecule has 3 nitrogen and oxygen atoms in total. The number of Topliss-reactive ketones (excluding diaryl/α,β-unsaturated/α-hetero) is 1. The van der Waals surface area contributed by atoms with Gasteiger partial charge in [-0.1, -0.05) is 0 Å². The molecule has 1 aromatic heterocycles. The van der Waals surface area contributed by atoms with Gasteiger partial charge in [-0.05, 0) is 37.9 Å². The first-order valence-corrected chi connectivity index (χ1v) is 5.15. The van der Waals surface area contributed by atoms with E-state index in [1.807, 2.05) is 0 Å². The predicted molar refractivity (Wildman–Crippen MR) is 51.7 cm³/mol. The van der Waals surface area contributed by atoms with Gasteiger partial charge in [-0.25, -0.2) is 4.79 Å². The number of carboxylic acids is 1. The minimum atomic E-state index is -1.44. The molecule has 0 unspecified atom stereocenters. The minimum Gasteiger partial charge on any atom is -0.475 e. The van der Waals surface area contributed by atoms with E-state index in [4.69, 9.17) is 5.11 Å². The van der Waals surface area contributed by atoms with Gasteiger partial charge in [0.25, 0.3) is 5.78 Å². The van der Waals surface area contributed by atoms with Crippen molar-refractivity contribution in [1.29, 1.82) is 0 Å². The molecule has 0 atom stereocenters. The number of rotatable bonds is 2. The quantitative estimate of drug-likeness (QED) is 0.674. The average molecular weight is 314 g/mol. The highest BCUT2D eigenvalue weighted by molar-refractivity contribution is 9.11. The van der Waals surface area contributed by atoms with E-state index < -0.39 is 11.8 Å². The average Bonchev–Trinajstić information content (AvgIpc) is 2.28. The molecule has 0 aliphatic carbocycles. The molecular weight excluding hydrogens is 312 g/mol. The topological polar surface area (TPSA) is 54.4 Å². The molecule has 0 bridgehead atoms. The van der Waals surface area contributed by atoms with Crippen molar-refractivity contribution in [2.24, 2.45) is 0 Å². The summed E-state index contributed by atoms with van der Waals surface area (Å²) < 4.78 is 1.23. The van der Waals surface area contributed by atoms with E-state index in [0.717, 1.165) is 15.1 Å². The highest BCUT2D eigenvalue weighted by atomic mass is 79.9. The second-order valence-corrected chi connectivity index (χ2v) is 5.15. The molecule has 0 aliphatic heterocycles. The second-order valence-electron chi connectivity index (χ2n) is 1.86. The Morgan fingerprint density at radius 2 is 2.00 bits per heavy atom. The standard InChI is InChI=1S/C6H2Br2O3S/c7-2-1-3(8)12-5(2)4(9)6(10)11/h1H,(H,10,11). The maximum atomic E-state index is 10.9. The van der Waals surface area contributed by atoms with Crippen LogP contribution in [0.2, 0.25) is 0 Å². The zero-order chi connectivity index (χ0) is 9.30. The number of carboxylic acid groups (broad SMARTS) is 1. The van der Waals surface area contributed by atoms with E-state index in [9.17, 15) is 9.59 Å². The van der Waals surface area contributed by atoms with Gasteiger partial charge in [-0.3, -0.25) is 4.79 Å². The molecule has 0 aromatic carbocycles. The van der Waals surface area contributed by atoms with E-state index >= 15 is 0 Å². The molecule has 64 valence electrons. The Hall–Kier alpha value is -0.200. The smallest absolute Gasteiger partial charge is 0.378 e. The normalized spacial score (nSPS) is 9.83. The third-order valence-corrected chi connectivity index (χ3v) is 3.58. The lowest BCUT2D eigenvalue weighted by atomic mass is 10.3. The van der Waals surface area contributed by atoms with E-state index in [-0.39, 0.29) is 4.88 Å². The third-order valence-electron chi connectivity index (χ3n) is 1.06. The summed E-state index contributed by atoms with van der Waals surface area (Å²) in [7, 11) is 0. The van der Waals surface area contributed by atoms with Crippen molar-refractivity contribution < 1.29 is 14.7 Å². The maximum absolute atomic E-state index is 10.9. The minimum absolute atomic E-state index is 0.203. The lowest BCUT2D eigenvalue weighted by Crippen LogP contribution is -2.11. The summed E-state index contributed by atoms with van der Waals surface area (Å²) in [5.41, 5.74) is 0. The van der Waals surface area contributed by atoms with Gasteiger partial charge < -0.3 is 5.11 Å². The lowest BCUT2D eigenvalue weighted by Gasteiger charge is -1.89. The number of carbonyl (C=O) groups is 2. The van der Waals surface area contributed by atoms with Crippen LogP contribution in [0.5, 0.6) is 0 Å². The van der Waals surface area contributed by atoms with Gasteiger partial charge in [-0.2, -0.15) is 0 Å². The van der Waals surface area contributed by atoms with Crippen LogP contribution in [0, 0.1) is 0 Å². The maximum Gasteiger partial charge on any atom is 0.378 e. The van der Waals surface area contributed by atoms with Gasteiger partial charge in [0.05, 0.1) is 8.66 Å². The summed E-state index contributed by atoms with van der Waals surface area (Å²) in [5.74, 6) is -2.33. The van der Waals surface area contributed by atoms with Crippen LogP contribution in [-0.4, -0.2) is 16.9 Å². The summed E-state index contributed by atoms with van der Waals surface area (Å²) >= 11 is 7.32. The SMILES string of the molecule is O=C(O)C(=O)c1sc(Br)cc1Br.